The van der Waals surface area contributed by atoms with Gasteiger partial charge in [-0.05, 0) is 29.9 Å². The second-order valence-corrected chi connectivity index (χ2v) is 6.09. The van der Waals surface area contributed by atoms with Gasteiger partial charge in [-0.15, -0.1) is 11.3 Å². The van der Waals surface area contributed by atoms with E-state index >= 15 is 0 Å². The summed E-state index contributed by atoms with van der Waals surface area (Å²) < 4.78 is 6.26. The van der Waals surface area contributed by atoms with E-state index in [1.807, 2.05) is 25.2 Å². The first-order chi connectivity index (χ1) is 10.3. The SMILES string of the molecule is CNC(Oc1cccc2ccccc12)C(C)c1cccs1. The molecule has 2 unspecified atom stereocenters. The van der Waals surface area contributed by atoms with Crippen LogP contribution < -0.4 is 10.1 Å². The highest BCUT2D eigenvalue weighted by atomic mass is 32.1. The molecular weight excluding hydrogens is 278 g/mol. The van der Waals surface area contributed by atoms with Crippen molar-refractivity contribution in [3.63, 3.8) is 0 Å². The number of likely N-dealkylation sites (N-methyl/N-ethyl adjacent to an activating group) is 1. The van der Waals surface area contributed by atoms with Crippen LogP contribution in [0.1, 0.15) is 17.7 Å². The summed E-state index contributed by atoms with van der Waals surface area (Å²) in [5, 5.41) is 7.75. The van der Waals surface area contributed by atoms with Crippen molar-refractivity contribution in [3.05, 3.63) is 64.9 Å². The maximum Gasteiger partial charge on any atom is 0.157 e. The lowest BCUT2D eigenvalue weighted by Gasteiger charge is -2.24. The molecular formula is C18H19NOS. The van der Waals surface area contributed by atoms with E-state index in [0.29, 0.717) is 5.92 Å². The van der Waals surface area contributed by atoms with Crippen LogP contribution in [0, 0.1) is 0 Å². The Balaban J connectivity index is 1.89. The molecule has 108 valence electrons. The van der Waals surface area contributed by atoms with Gasteiger partial charge in [-0.25, -0.2) is 0 Å². The van der Waals surface area contributed by atoms with Gasteiger partial charge in [0, 0.05) is 16.2 Å². The van der Waals surface area contributed by atoms with Crippen molar-refractivity contribution in [3.8, 4) is 5.75 Å². The fourth-order valence-corrected chi connectivity index (χ4v) is 3.36. The summed E-state index contributed by atoms with van der Waals surface area (Å²) in [6.45, 7) is 2.19. The highest BCUT2D eigenvalue weighted by Gasteiger charge is 2.20. The molecule has 0 aliphatic carbocycles. The van der Waals surface area contributed by atoms with Crippen molar-refractivity contribution in [1.82, 2.24) is 5.32 Å². The van der Waals surface area contributed by atoms with Gasteiger partial charge in [-0.1, -0.05) is 49.4 Å². The minimum Gasteiger partial charge on any atom is -0.474 e. The van der Waals surface area contributed by atoms with Crippen molar-refractivity contribution < 1.29 is 4.74 Å². The molecule has 0 amide bonds. The standard InChI is InChI=1S/C18H19NOS/c1-13(17-11-6-12-21-17)18(19-2)20-16-10-5-8-14-7-3-4-9-15(14)16/h3-13,18-19H,1-2H3. The number of rotatable bonds is 5. The van der Waals surface area contributed by atoms with Gasteiger partial charge in [0.2, 0.25) is 0 Å². The van der Waals surface area contributed by atoms with E-state index in [2.05, 4.69) is 54.0 Å². The van der Waals surface area contributed by atoms with Crippen molar-refractivity contribution >= 4 is 22.1 Å². The maximum absolute atomic E-state index is 6.26. The average Bonchev–Trinajstić information content (AvgIpc) is 3.06. The number of hydrogen-bond acceptors (Lipinski definition) is 3. The van der Waals surface area contributed by atoms with Crippen LogP contribution in [-0.4, -0.2) is 13.3 Å². The minimum atomic E-state index is -0.0468. The van der Waals surface area contributed by atoms with E-state index in [1.54, 1.807) is 11.3 Å². The van der Waals surface area contributed by atoms with Crippen molar-refractivity contribution in [2.45, 2.75) is 19.1 Å². The molecule has 0 saturated carbocycles. The van der Waals surface area contributed by atoms with Crippen molar-refractivity contribution in [2.75, 3.05) is 7.05 Å². The maximum atomic E-state index is 6.26. The number of fused-ring (bicyclic) bond motifs is 1. The van der Waals surface area contributed by atoms with Crippen LogP contribution in [0.4, 0.5) is 0 Å². The largest absolute Gasteiger partial charge is 0.474 e. The molecule has 3 rings (SSSR count). The summed E-state index contributed by atoms with van der Waals surface area (Å²) in [6.07, 6.45) is -0.0468. The van der Waals surface area contributed by atoms with Crippen LogP contribution in [0.15, 0.2) is 60.0 Å². The Kier molecular flexibility index (Phi) is 4.23. The smallest absolute Gasteiger partial charge is 0.157 e. The van der Waals surface area contributed by atoms with E-state index in [4.69, 9.17) is 4.74 Å². The minimum absolute atomic E-state index is 0.0468. The van der Waals surface area contributed by atoms with E-state index in [9.17, 15) is 0 Å². The molecule has 0 aliphatic heterocycles. The highest BCUT2D eigenvalue weighted by Crippen LogP contribution is 2.30. The summed E-state index contributed by atoms with van der Waals surface area (Å²) in [5.41, 5.74) is 0. The topological polar surface area (TPSA) is 21.3 Å². The van der Waals surface area contributed by atoms with E-state index in [1.165, 1.54) is 10.3 Å². The highest BCUT2D eigenvalue weighted by molar-refractivity contribution is 7.10. The molecule has 1 aromatic heterocycles. The van der Waals surface area contributed by atoms with E-state index < -0.39 is 0 Å². The zero-order valence-electron chi connectivity index (χ0n) is 12.2. The summed E-state index contributed by atoms with van der Waals surface area (Å²) in [4.78, 5) is 1.33. The average molecular weight is 297 g/mol. The third-order valence-electron chi connectivity index (χ3n) is 3.73. The van der Waals surface area contributed by atoms with Gasteiger partial charge in [0.1, 0.15) is 5.75 Å². The third kappa shape index (κ3) is 2.94. The zero-order chi connectivity index (χ0) is 14.7. The van der Waals surface area contributed by atoms with Gasteiger partial charge < -0.3 is 4.74 Å². The zero-order valence-corrected chi connectivity index (χ0v) is 13.1. The van der Waals surface area contributed by atoms with E-state index in [0.717, 1.165) is 11.1 Å². The molecule has 0 spiro atoms. The molecule has 0 fully saturated rings. The van der Waals surface area contributed by atoms with Gasteiger partial charge in [0.15, 0.2) is 6.23 Å². The first-order valence-electron chi connectivity index (χ1n) is 7.14. The predicted molar refractivity (Wildman–Crippen MR) is 90.2 cm³/mol. The molecule has 3 aromatic rings. The molecule has 2 nitrogen and oxygen atoms in total. The Morgan fingerprint density at radius 1 is 1.00 bits per heavy atom. The molecule has 2 aromatic carbocycles. The van der Waals surface area contributed by atoms with Gasteiger partial charge in [-0.3, -0.25) is 5.32 Å². The van der Waals surface area contributed by atoms with Gasteiger partial charge in [0.05, 0.1) is 0 Å². The lowest BCUT2D eigenvalue weighted by Crippen LogP contribution is -2.36. The lowest BCUT2D eigenvalue weighted by atomic mass is 10.1. The van der Waals surface area contributed by atoms with Crippen LogP contribution in [0.5, 0.6) is 5.75 Å². The molecule has 1 N–H and O–H groups in total. The Labute approximate surface area is 129 Å². The second-order valence-electron chi connectivity index (χ2n) is 5.11. The van der Waals surface area contributed by atoms with Crippen LogP contribution in [-0.2, 0) is 0 Å². The number of ether oxygens (including phenoxy) is 1. The number of thiophene rings is 1. The second kappa shape index (κ2) is 6.29. The normalized spacial score (nSPS) is 14.0. The van der Waals surface area contributed by atoms with Gasteiger partial charge >= 0.3 is 0 Å². The molecule has 21 heavy (non-hydrogen) atoms. The van der Waals surface area contributed by atoms with Gasteiger partial charge in [-0.2, -0.15) is 0 Å². The first kappa shape index (κ1) is 14.1. The van der Waals surface area contributed by atoms with Crippen molar-refractivity contribution in [2.24, 2.45) is 0 Å². The Hall–Kier alpha value is -1.84. The predicted octanol–water partition coefficient (Wildman–Crippen LogP) is 4.63. The molecule has 0 aliphatic rings. The Morgan fingerprint density at radius 2 is 1.81 bits per heavy atom. The Morgan fingerprint density at radius 3 is 2.57 bits per heavy atom. The number of nitrogens with one attached hydrogen (secondary N) is 1. The fourth-order valence-electron chi connectivity index (χ4n) is 2.55. The van der Waals surface area contributed by atoms with Crippen LogP contribution in [0.25, 0.3) is 10.8 Å². The van der Waals surface area contributed by atoms with E-state index in [-0.39, 0.29) is 6.23 Å². The monoisotopic (exact) mass is 297 g/mol. The summed E-state index contributed by atoms with van der Waals surface area (Å²) in [6, 6.07) is 18.7. The van der Waals surface area contributed by atoms with Crippen molar-refractivity contribution in [1.29, 1.82) is 0 Å². The van der Waals surface area contributed by atoms with Gasteiger partial charge in [0.25, 0.3) is 0 Å². The summed E-state index contributed by atoms with van der Waals surface area (Å²) >= 11 is 1.77. The Bertz CT molecular complexity index is 703. The lowest BCUT2D eigenvalue weighted by molar-refractivity contribution is 0.152. The van der Waals surface area contributed by atoms with Crippen LogP contribution in [0.3, 0.4) is 0 Å². The van der Waals surface area contributed by atoms with Crippen LogP contribution >= 0.6 is 11.3 Å². The summed E-state index contributed by atoms with van der Waals surface area (Å²) in [5.74, 6) is 1.23. The molecule has 3 heteroatoms. The third-order valence-corrected chi connectivity index (χ3v) is 4.81. The molecule has 0 bridgehead atoms. The molecule has 0 radical (unpaired) electrons. The first-order valence-corrected chi connectivity index (χ1v) is 8.02. The van der Waals surface area contributed by atoms with Crippen LogP contribution in [0.2, 0.25) is 0 Å². The summed E-state index contributed by atoms with van der Waals surface area (Å²) in [7, 11) is 1.94. The molecule has 1 heterocycles. The number of hydrogen-bond donors (Lipinski definition) is 1. The number of benzene rings is 2. The quantitative estimate of drug-likeness (QED) is 0.693. The molecule has 2 atom stereocenters. The molecule has 0 saturated heterocycles. The fraction of sp³-hybridized carbons (Fsp3) is 0.222.